The molecule has 0 bridgehead atoms. The van der Waals surface area contributed by atoms with Crippen molar-refractivity contribution < 1.29 is 54.5 Å². The van der Waals surface area contributed by atoms with Crippen molar-refractivity contribution in [3.63, 3.8) is 0 Å². The van der Waals surface area contributed by atoms with Gasteiger partial charge in [-0.25, -0.2) is 4.79 Å². The topological polar surface area (TPSA) is 238 Å². The summed E-state index contributed by atoms with van der Waals surface area (Å²) in [7, 11) is -7.33. The zero-order chi connectivity index (χ0) is 63.8. The summed E-state index contributed by atoms with van der Waals surface area (Å²) in [4.78, 5) is 37.6. The number of esters is 3. The molecule has 91 heavy (non-hydrogen) atoms. The Kier molecular flexibility index (Phi) is 18.1. The van der Waals surface area contributed by atoms with Crippen molar-refractivity contribution in [2.45, 2.75) is 192 Å². The number of nitrogens with one attached hydrogen (secondary N) is 2. The molecule has 0 unspecified atom stereocenters. The molecule has 17 heteroatoms. The number of benzene rings is 3. The van der Waals surface area contributed by atoms with Gasteiger partial charge in [0.15, 0.2) is 0 Å². The lowest BCUT2D eigenvalue weighted by Crippen LogP contribution is -2.36. The Bertz CT molecular complexity index is 3180. The van der Waals surface area contributed by atoms with Crippen molar-refractivity contribution >= 4 is 38.1 Å². The molecule has 15 fully saturated rings. The van der Waals surface area contributed by atoms with Gasteiger partial charge in [0.2, 0.25) is 0 Å². The van der Waals surface area contributed by atoms with Gasteiger partial charge in [0.1, 0.15) is 18.3 Å². The maximum atomic E-state index is 12.8. The van der Waals surface area contributed by atoms with E-state index in [4.69, 9.17) is 29.0 Å². The van der Waals surface area contributed by atoms with Gasteiger partial charge in [0.05, 0.1) is 24.3 Å². The predicted molar refractivity (Wildman–Crippen MR) is 348 cm³/mol. The molecular weight excluding hydrogens is 1190 g/mol. The van der Waals surface area contributed by atoms with Gasteiger partial charge in [0.25, 0.3) is 20.2 Å². The van der Waals surface area contributed by atoms with Crippen molar-refractivity contribution in [2.24, 2.45) is 103 Å². The molecule has 0 amide bonds. The molecule has 14 atom stereocenters. The quantitative estimate of drug-likeness (QED) is 0.0580. The van der Waals surface area contributed by atoms with Gasteiger partial charge in [-0.1, -0.05) is 97.6 Å². The van der Waals surface area contributed by atoms with Crippen LogP contribution >= 0.6 is 0 Å². The van der Waals surface area contributed by atoms with Gasteiger partial charge in [-0.15, -0.1) is 0 Å². The highest BCUT2D eigenvalue weighted by Crippen LogP contribution is 2.78. The second-order valence-corrected chi connectivity index (χ2v) is 34.5. The largest absolute Gasteiger partial charge is 0.461 e. The van der Waals surface area contributed by atoms with Crippen molar-refractivity contribution in [1.82, 2.24) is 10.6 Å². The van der Waals surface area contributed by atoms with Gasteiger partial charge < -0.3 is 30.6 Å². The average Bonchev–Trinajstić information content (AvgIpc) is 1.55. The van der Waals surface area contributed by atoms with Crippen LogP contribution in [0.5, 0.6) is 0 Å². The number of carbonyl (C=O) groups excluding carboxylic acids is 3. The van der Waals surface area contributed by atoms with E-state index in [9.17, 15) is 31.2 Å². The number of nitrogens with two attached hydrogens (primary N) is 1. The maximum Gasteiger partial charge on any atom is 0.334 e. The fraction of sp³-hybridized carbons (Fsp3) is 0.689. The zero-order valence-corrected chi connectivity index (χ0v) is 55.5. The van der Waals surface area contributed by atoms with E-state index in [0.29, 0.717) is 87.1 Å². The van der Waals surface area contributed by atoms with Crippen LogP contribution in [-0.2, 0) is 68.5 Å². The summed E-state index contributed by atoms with van der Waals surface area (Å²) < 4.78 is 70.0. The molecule has 12 aliphatic carbocycles. The van der Waals surface area contributed by atoms with E-state index in [1.165, 1.54) is 164 Å². The standard InChI is InChI=1S/2C24H31NO2.C17H22O2.C7H9N.2CH4O3S/c2*26-22-18(15-25-14-16-4-2-1-3-5-16)17-6-8-23(10-11-23)19-7-9-24(12-13-24)20(19)21(17)27-22;1-10-11-2-4-16(6-7-16)12-3-5-17(8-9-17)13(12)14(11)19-15(10)18;8-6-7-4-2-1-3-5-7;2*1-5(2,3)4/h2*1-5,17-21,25H,6-15H2;11-14H,1-9H2;1-5H,6,8H2;2*1H3,(H,2,3,4)/t2*17-,18-,19+,20-,21-;11-,12+,13-,14-;;;/m000.../s1. The minimum absolute atomic E-state index is 0.0599. The van der Waals surface area contributed by atoms with E-state index in [1.807, 2.05) is 42.5 Å². The van der Waals surface area contributed by atoms with E-state index in [-0.39, 0.29) is 48.1 Å². The van der Waals surface area contributed by atoms with Crippen LogP contribution in [0.15, 0.2) is 103 Å². The normalized spacial score (nSPS) is 35.6. The fourth-order valence-electron chi connectivity index (χ4n) is 21.1. The van der Waals surface area contributed by atoms with Crippen molar-refractivity contribution in [2.75, 3.05) is 25.6 Å². The molecule has 15 nitrogen and oxygen atoms in total. The Balaban J connectivity index is 0.000000111. The van der Waals surface area contributed by atoms with E-state index in [0.717, 1.165) is 55.9 Å². The van der Waals surface area contributed by atoms with E-state index < -0.39 is 20.2 Å². The van der Waals surface area contributed by atoms with Gasteiger partial charge in [-0.05, 0) is 221 Å². The van der Waals surface area contributed by atoms with Crippen molar-refractivity contribution in [3.05, 3.63) is 120 Å². The molecule has 6 N–H and O–H groups in total. The first-order valence-electron chi connectivity index (χ1n) is 34.9. The summed E-state index contributed by atoms with van der Waals surface area (Å²) in [6, 6.07) is 31.0. The summed E-state index contributed by atoms with van der Waals surface area (Å²) in [5, 5.41) is 7.12. The first-order valence-corrected chi connectivity index (χ1v) is 38.6. The smallest absolute Gasteiger partial charge is 0.334 e. The Labute approximate surface area is 541 Å². The van der Waals surface area contributed by atoms with Crippen LogP contribution in [0.3, 0.4) is 0 Å². The highest BCUT2D eigenvalue weighted by Gasteiger charge is 2.72. The molecule has 18 rings (SSSR count). The molecule has 12 saturated carbocycles. The lowest BCUT2D eigenvalue weighted by atomic mass is 9.73. The van der Waals surface area contributed by atoms with Crippen LogP contribution in [0, 0.1) is 97.6 Å². The Morgan fingerprint density at radius 3 is 1.08 bits per heavy atom. The molecule has 15 aliphatic rings. The highest BCUT2D eigenvalue weighted by molar-refractivity contribution is 7.85. The molecule has 3 aromatic carbocycles. The van der Waals surface area contributed by atoms with Gasteiger partial charge in [-0.3, -0.25) is 18.7 Å². The lowest BCUT2D eigenvalue weighted by Gasteiger charge is -2.33. The number of ether oxygens (including phenoxy) is 3. The number of hydrogen-bond donors (Lipinski definition) is 5. The molecule has 3 aromatic rings. The monoisotopic (exact) mass is 1290 g/mol. The van der Waals surface area contributed by atoms with Gasteiger partial charge in [-0.2, -0.15) is 16.8 Å². The lowest BCUT2D eigenvalue weighted by molar-refractivity contribution is -0.148. The third-order valence-electron chi connectivity index (χ3n) is 26.4. The number of rotatable bonds is 9. The molecule has 496 valence electrons. The first-order chi connectivity index (χ1) is 43.5. The van der Waals surface area contributed by atoms with Crippen molar-refractivity contribution in [1.29, 1.82) is 0 Å². The minimum atomic E-state index is -3.67. The SMILES string of the molecule is C=C1C(=O)O[C@@H]2[C@@H]3[C@@H](CCC34CC4)C3(CC[C@@H]12)CC3.CS(=O)(=O)O.CS(=O)(=O)O.NCc1ccccc1.O=C1O[C@H]2[C@@H](CCC3(CC3)[C@@H]3CCC4(CC4)[C@H]23)[C@@H]1CNCc1ccccc1.O=C1O[C@H]2[C@@H](CCC3(CC3)[C@@H]3CCC4(CC4)[C@H]23)[C@@H]1CNCc1ccccc1. The molecule has 3 aliphatic heterocycles. The maximum absolute atomic E-state index is 12.8. The van der Waals surface area contributed by atoms with Crippen LogP contribution in [0.2, 0.25) is 0 Å². The van der Waals surface area contributed by atoms with Crippen LogP contribution in [0.1, 0.15) is 171 Å². The highest BCUT2D eigenvalue weighted by atomic mass is 32.2. The fourth-order valence-corrected chi connectivity index (χ4v) is 21.1. The molecular formula is C74H101N3O12S2. The number of fused-ring (bicyclic) bond motifs is 15. The van der Waals surface area contributed by atoms with Crippen LogP contribution in [0.4, 0.5) is 0 Å². The van der Waals surface area contributed by atoms with E-state index in [2.05, 4.69) is 65.7 Å². The number of carbonyl (C=O) groups is 3. The summed E-state index contributed by atoms with van der Waals surface area (Å²) in [5.74, 6) is 6.00. The predicted octanol–water partition coefficient (Wildman–Crippen LogP) is 12.2. The molecule has 3 saturated heterocycles. The summed E-state index contributed by atoms with van der Waals surface area (Å²) >= 11 is 0. The molecule has 0 radical (unpaired) electrons. The van der Waals surface area contributed by atoms with Gasteiger partial charge in [0, 0.05) is 73.8 Å². The summed E-state index contributed by atoms with van der Waals surface area (Å²) in [6.07, 6.45) is 35.0. The Hall–Kier alpha value is -4.49. The Morgan fingerprint density at radius 1 is 0.451 bits per heavy atom. The van der Waals surface area contributed by atoms with Crippen molar-refractivity contribution in [3.8, 4) is 0 Å². The second-order valence-electron chi connectivity index (χ2n) is 31.5. The van der Waals surface area contributed by atoms with E-state index >= 15 is 0 Å². The molecule has 0 aromatic heterocycles. The third-order valence-corrected chi connectivity index (χ3v) is 26.4. The molecule has 3 heterocycles. The third kappa shape index (κ3) is 13.8. The average molecular weight is 1290 g/mol. The van der Waals surface area contributed by atoms with Crippen LogP contribution < -0.4 is 16.4 Å². The number of hydrogen-bond acceptors (Lipinski definition) is 13. The van der Waals surface area contributed by atoms with Crippen LogP contribution in [-0.4, -0.2) is 87.8 Å². The summed E-state index contributed by atoms with van der Waals surface area (Å²) in [5.41, 5.74) is 13.5. The van der Waals surface area contributed by atoms with E-state index in [1.54, 1.807) is 0 Å². The van der Waals surface area contributed by atoms with Gasteiger partial charge >= 0.3 is 17.9 Å². The molecule has 6 spiro atoms. The first kappa shape index (κ1) is 65.2. The zero-order valence-electron chi connectivity index (χ0n) is 53.8. The minimum Gasteiger partial charge on any atom is -0.461 e. The summed E-state index contributed by atoms with van der Waals surface area (Å²) in [6.45, 7) is 7.89. The van der Waals surface area contributed by atoms with Crippen LogP contribution in [0.25, 0.3) is 0 Å². The Morgan fingerprint density at radius 2 is 0.758 bits per heavy atom. The second kappa shape index (κ2) is 25.3.